The van der Waals surface area contributed by atoms with E-state index in [4.69, 9.17) is 10.2 Å². The van der Waals surface area contributed by atoms with Gasteiger partial charge in [0, 0.05) is 12.7 Å². The molecule has 0 aromatic rings. The van der Waals surface area contributed by atoms with Crippen molar-refractivity contribution in [3.63, 3.8) is 0 Å². The van der Waals surface area contributed by atoms with Gasteiger partial charge in [-0.1, -0.05) is 18.2 Å². The molecule has 0 unspecified atom stereocenters. The maximum Gasteiger partial charge on any atom is 0.328 e. The summed E-state index contributed by atoms with van der Waals surface area (Å²) in [5.41, 5.74) is 0. The Morgan fingerprint density at radius 3 is 2.35 bits per heavy atom. The van der Waals surface area contributed by atoms with E-state index in [2.05, 4.69) is 0 Å². The topological polar surface area (TPSA) is 98.0 Å². The van der Waals surface area contributed by atoms with E-state index < -0.39 is 18.2 Å². The fourth-order valence-corrected chi connectivity index (χ4v) is 1.30. The van der Waals surface area contributed by atoms with Gasteiger partial charge in [-0.05, 0) is 25.7 Å². The zero-order valence-electron chi connectivity index (χ0n) is 9.70. The molecule has 2 atom stereocenters. The van der Waals surface area contributed by atoms with Crippen molar-refractivity contribution in [2.24, 2.45) is 0 Å². The van der Waals surface area contributed by atoms with Crippen molar-refractivity contribution >= 4 is 5.97 Å². The van der Waals surface area contributed by atoms with Crippen LogP contribution in [0.15, 0.2) is 24.3 Å². The van der Waals surface area contributed by atoms with E-state index in [0.717, 1.165) is 6.08 Å². The summed E-state index contributed by atoms with van der Waals surface area (Å²) in [6, 6.07) is 0. The zero-order valence-corrected chi connectivity index (χ0v) is 9.70. The lowest BCUT2D eigenvalue weighted by Crippen LogP contribution is -2.18. The molecule has 0 spiro atoms. The average molecular weight is 244 g/mol. The van der Waals surface area contributed by atoms with Crippen LogP contribution < -0.4 is 0 Å². The fourth-order valence-electron chi connectivity index (χ4n) is 1.30. The van der Waals surface area contributed by atoms with Crippen LogP contribution >= 0.6 is 0 Å². The normalized spacial score (nSPS) is 15.5. The number of rotatable bonds is 9. The molecule has 4 N–H and O–H groups in total. The van der Waals surface area contributed by atoms with Crippen LogP contribution in [0.4, 0.5) is 0 Å². The smallest absolute Gasteiger partial charge is 0.328 e. The van der Waals surface area contributed by atoms with Crippen LogP contribution in [-0.2, 0) is 4.79 Å². The number of carbonyl (C=O) groups is 1. The van der Waals surface area contributed by atoms with Gasteiger partial charge in [0.25, 0.3) is 0 Å². The maximum absolute atomic E-state index is 10.1. The summed E-state index contributed by atoms with van der Waals surface area (Å²) >= 11 is 0. The Labute approximate surface area is 101 Å². The Hall–Kier alpha value is -1.17. The first kappa shape index (κ1) is 15.8. The van der Waals surface area contributed by atoms with Crippen LogP contribution in [-0.4, -0.2) is 45.2 Å². The van der Waals surface area contributed by atoms with Crippen molar-refractivity contribution < 1.29 is 25.2 Å². The summed E-state index contributed by atoms with van der Waals surface area (Å²) in [5.74, 6) is -0.998. The predicted molar refractivity (Wildman–Crippen MR) is 63.5 cm³/mol. The molecule has 0 fully saturated rings. The third-order valence-corrected chi connectivity index (χ3v) is 2.16. The Bertz CT molecular complexity index is 260. The molecule has 0 bridgehead atoms. The largest absolute Gasteiger partial charge is 0.478 e. The second kappa shape index (κ2) is 10.0. The molecular weight excluding hydrogens is 224 g/mol. The molecule has 0 heterocycles. The quantitative estimate of drug-likeness (QED) is 0.349. The van der Waals surface area contributed by atoms with Gasteiger partial charge in [-0.15, -0.1) is 0 Å². The number of carboxylic acids is 1. The van der Waals surface area contributed by atoms with Crippen molar-refractivity contribution in [2.45, 2.75) is 37.9 Å². The standard InChI is InChI=1S/C12H20O5/c13-8-7-11(15)9-10(14)5-3-1-2-4-6-12(16)17/h1-2,4,6,10-11,13-15H,3,5,7-9H2,(H,16,17)/b2-1+,6-4+/t10-,11-/m0/s1. The van der Waals surface area contributed by atoms with Gasteiger partial charge in [0.05, 0.1) is 12.2 Å². The lowest BCUT2D eigenvalue weighted by atomic mass is 10.1. The molecule has 0 rings (SSSR count). The molecule has 0 aromatic heterocycles. The van der Waals surface area contributed by atoms with Crippen LogP contribution in [0.25, 0.3) is 0 Å². The first-order valence-corrected chi connectivity index (χ1v) is 5.59. The Balaban J connectivity index is 3.63. The van der Waals surface area contributed by atoms with Gasteiger partial charge < -0.3 is 20.4 Å². The highest BCUT2D eigenvalue weighted by Gasteiger charge is 2.10. The molecule has 0 saturated carbocycles. The van der Waals surface area contributed by atoms with E-state index >= 15 is 0 Å². The third kappa shape index (κ3) is 11.1. The molecule has 0 aliphatic heterocycles. The first-order chi connectivity index (χ1) is 8.06. The van der Waals surface area contributed by atoms with Crippen LogP contribution in [0.5, 0.6) is 0 Å². The van der Waals surface area contributed by atoms with Crippen LogP contribution in [0.1, 0.15) is 25.7 Å². The molecule has 5 nitrogen and oxygen atoms in total. The fraction of sp³-hybridized carbons (Fsp3) is 0.583. The monoisotopic (exact) mass is 244 g/mol. The summed E-state index contributed by atoms with van der Waals surface area (Å²) in [6.07, 6.45) is 6.14. The molecule has 0 aromatic carbocycles. The van der Waals surface area contributed by atoms with E-state index in [0.29, 0.717) is 12.8 Å². The molecule has 0 aliphatic rings. The second-order valence-electron chi connectivity index (χ2n) is 3.76. The van der Waals surface area contributed by atoms with Gasteiger partial charge in [-0.2, -0.15) is 0 Å². The number of aliphatic hydroxyl groups excluding tert-OH is 3. The highest BCUT2D eigenvalue weighted by Crippen LogP contribution is 2.08. The van der Waals surface area contributed by atoms with E-state index in [1.165, 1.54) is 6.08 Å². The summed E-state index contributed by atoms with van der Waals surface area (Å²) in [5, 5.41) is 35.7. The number of allylic oxidation sites excluding steroid dienone is 3. The predicted octanol–water partition coefficient (Wildman–Crippen LogP) is 0.458. The number of aliphatic carboxylic acids is 1. The summed E-state index contributed by atoms with van der Waals surface area (Å²) in [6.45, 7) is -0.0895. The summed E-state index contributed by atoms with van der Waals surface area (Å²) in [7, 11) is 0. The zero-order chi connectivity index (χ0) is 13.1. The number of aliphatic hydroxyl groups is 3. The van der Waals surface area contributed by atoms with Gasteiger partial charge >= 0.3 is 5.97 Å². The SMILES string of the molecule is O=C(O)/C=C/C=C/CC[C@H](O)C[C@@H](O)CCO. The highest BCUT2D eigenvalue weighted by molar-refractivity contribution is 5.80. The van der Waals surface area contributed by atoms with Gasteiger partial charge in [0.2, 0.25) is 0 Å². The van der Waals surface area contributed by atoms with E-state index in [1.807, 2.05) is 0 Å². The number of hydrogen-bond donors (Lipinski definition) is 4. The van der Waals surface area contributed by atoms with Gasteiger partial charge in [-0.25, -0.2) is 4.79 Å². The molecule has 0 aliphatic carbocycles. The van der Waals surface area contributed by atoms with Gasteiger partial charge in [0.1, 0.15) is 0 Å². The molecule has 0 amide bonds. The van der Waals surface area contributed by atoms with Crippen molar-refractivity contribution in [2.75, 3.05) is 6.61 Å². The van der Waals surface area contributed by atoms with Crippen LogP contribution in [0.3, 0.4) is 0 Å². The van der Waals surface area contributed by atoms with E-state index in [9.17, 15) is 15.0 Å². The summed E-state index contributed by atoms with van der Waals surface area (Å²) < 4.78 is 0. The average Bonchev–Trinajstić information content (AvgIpc) is 2.23. The third-order valence-electron chi connectivity index (χ3n) is 2.16. The van der Waals surface area contributed by atoms with Crippen molar-refractivity contribution in [1.29, 1.82) is 0 Å². The number of hydrogen-bond acceptors (Lipinski definition) is 4. The van der Waals surface area contributed by atoms with Gasteiger partial charge in [-0.3, -0.25) is 0 Å². The molecule has 98 valence electrons. The molecule has 5 heteroatoms. The molecule has 17 heavy (non-hydrogen) atoms. The van der Waals surface area contributed by atoms with E-state index in [-0.39, 0.29) is 19.4 Å². The Kier molecular flexibility index (Phi) is 9.33. The first-order valence-electron chi connectivity index (χ1n) is 5.59. The number of carboxylic acid groups (broad SMARTS) is 1. The minimum atomic E-state index is -0.998. The lowest BCUT2D eigenvalue weighted by molar-refractivity contribution is -0.131. The molecular formula is C12H20O5. The van der Waals surface area contributed by atoms with E-state index in [1.54, 1.807) is 12.2 Å². The minimum Gasteiger partial charge on any atom is -0.478 e. The Morgan fingerprint density at radius 1 is 1.12 bits per heavy atom. The van der Waals surface area contributed by atoms with Crippen molar-refractivity contribution in [1.82, 2.24) is 0 Å². The summed E-state index contributed by atoms with van der Waals surface area (Å²) in [4.78, 5) is 10.1. The highest BCUT2D eigenvalue weighted by atomic mass is 16.4. The van der Waals surface area contributed by atoms with Crippen molar-refractivity contribution in [3.05, 3.63) is 24.3 Å². The molecule has 0 radical (unpaired) electrons. The molecule has 0 saturated heterocycles. The maximum atomic E-state index is 10.1. The van der Waals surface area contributed by atoms with Gasteiger partial charge in [0.15, 0.2) is 0 Å². The van der Waals surface area contributed by atoms with Crippen LogP contribution in [0, 0.1) is 0 Å². The second-order valence-corrected chi connectivity index (χ2v) is 3.76. The van der Waals surface area contributed by atoms with Crippen molar-refractivity contribution in [3.8, 4) is 0 Å². The van der Waals surface area contributed by atoms with Crippen LogP contribution in [0.2, 0.25) is 0 Å². The lowest BCUT2D eigenvalue weighted by Gasteiger charge is -2.13. The Morgan fingerprint density at radius 2 is 1.76 bits per heavy atom. The minimum absolute atomic E-state index is 0.0895.